The Morgan fingerprint density at radius 1 is 1.27 bits per heavy atom. The fraction of sp³-hybridized carbons (Fsp3) is 0.438. The van der Waals surface area contributed by atoms with Crippen LogP contribution in [-0.4, -0.2) is 39.7 Å². The first-order chi connectivity index (χ1) is 10.3. The quantitative estimate of drug-likeness (QED) is 0.640. The van der Waals surface area contributed by atoms with Crippen molar-refractivity contribution < 1.29 is 4.79 Å². The Hall–Kier alpha value is -1.82. The van der Waals surface area contributed by atoms with Crippen LogP contribution in [0.15, 0.2) is 34.2 Å². The second kappa shape index (κ2) is 6.52. The van der Waals surface area contributed by atoms with Crippen LogP contribution in [-0.2, 0) is 11.8 Å². The van der Waals surface area contributed by atoms with Gasteiger partial charge in [0, 0.05) is 21.1 Å². The van der Waals surface area contributed by atoms with Crippen LogP contribution in [0, 0.1) is 5.92 Å². The van der Waals surface area contributed by atoms with Crippen molar-refractivity contribution in [3.8, 4) is 0 Å². The molecule has 0 spiro atoms. The largest absolute Gasteiger partial charge is 0.348 e. The van der Waals surface area contributed by atoms with Crippen LogP contribution in [0.5, 0.6) is 0 Å². The van der Waals surface area contributed by atoms with Crippen LogP contribution >= 0.6 is 11.8 Å². The molecule has 1 heterocycles. The molecule has 0 N–H and O–H groups in total. The molecule has 0 saturated carbocycles. The highest BCUT2D eigenvalue weighted by Crippen LogP contribution is 2.28. The van der Waals surface area contributed by atoms with Gasteiger partial charge in [0.2, 0.25) is 5.91 Å². The number of hydrogen-bond donors (Lipinski definition) is 0. The molecule has 0 saturated heterocycles. The molecule has 0 aliphatic carbocycles. The summed E-state index contributed by atoms with van der Waals surface area (Å²) in [6.45, 7) is 4.00. The predicted octanol–water partition coefficient (Wildman–Crippen LogP) is 2.14. The topological polar surface area (TPSA) is 55.2 Å². The van der Waals surface area contributed by atoms with Gasteiger partial charge in [-0.1, -0.05) is 37.7 Å². The number of para-hydroxylation sites is 1. The van der Waals surface area contributed by atoms with Crippen molar-refractivity contribution >= 4 is 28.6 Å². The van der Waals surface area contributed by atoms with Gasteiger partial charge in [-0.05, 0) is 18.1 Å². The second-order valence-electron chi connectivity index (χ2n) is 5.79. The number of carbonyl (C=O) groups excluding carboxylic acids is 1. The number of rotatable bonds is 4. The standard InChI is InChI=1S/C16H21N3O2S/c1-10(2)13(15(21)18(3)4)22-16-17-12-9-7-6-8-11(12)14(20)19(16)5/h6-10,13H,1-5H3. The maximum Gasteiger partial charge on any atom is 0.261 e. The molecule has 0 radical (unpaired) electrons. The Balaban J connectivity index is 2.48. The van der Waals surface area contributed by atoms with Crippen LogP contribution in [0.1, 0.15) is 13.8 Å². The molecule has 2 aromatic rings. The lowest BCUT2D eigenvalue weighted by Gasteiger charge is -2.23. The molecular formula is C16H21N3O2S. The predicted molar refractivity (Wildman–Crippen MR) is 90.2 cm³/mol. The lowest BCUT2D eigenvalue weighted by molar-refractivity contribution is -0.128. The molecule has 1 unspecified atom stereocenters. The SMILES string of the molecule is CC(C)C(Sc1nc2ccccc2c(=O)n1C)C(=O)N(C)C. The first-order valence-corrected chi connectivity index (χ1v) is 8.04. The van der Waals surface area contributed by atoms with Gasteiger partial charge in [0.1, 0.15) is 0 Å². The number of aromatic nitrogens is 2. The van der Waals surface area contributed by atoms with E-state index in [1.54, 1.807) is 32.1 Å². The van der Waals surface area contributed by atoms with Crippen molar-refractivity contribution in [3.63, 3.8) is 0 Å². The highest BCUT2D eigenvalue weighted by atomic mass is 32.2. The molecule has 1 amide bonds. The highest BCUT2D eigenvalue weighted by molar-refractivity contribution is 8.00. The van der Waals surface area contributed by atoms with E-state index < -0.39 is 0 Å². The van der Waals surface area contributed by atoms with E-state index in [0.717, 1.165) is 0 Å². The number of nitrogens with zero attached hydrogens (tertiary/aromatic N) is 3. The monoisotopic (exact) mass is 319 g/mol. The maximum atomic E-state index is 12.4. The Labute approximate surface area is 134 Å². The van der Waals surface area contributed by atoms with Crippen molar-refractivity contribution in [3.05, 3.63) is 34.6 Å². The number of benzene rings is 1. The first kappa shape index (κ1) is 16.5. The van der Waals surface area contributed by atoms with Gasteiger partial charge in [0.05, 0.1) is 16.2 Å². The minimum atomic E-state index is -0.269. The molecule has 118 valence electrons. The molecule has 0 aliphatic heterocycles. The molecule has 6 heteroatoms. The summed E-state index contributed by atoms with van der Waals surface area (Å²) in [5.41, 5.74) is 0.570. The zero-order valence-electron chi connectivity index (χ0n) is 13.5. The van der Waals surface area contributed by atoms with Gasteiger partial charge in [-0.25, -0.2) is 4.98 Å². The summed E-state index contributed by atoms with van der Waals surface area (Å²) >= 11 is 1.35. The molecule has 0 fully saturated rings. The Kier molecular flexibility index (Phi) is 4.90. The fourth-order valence-corrected chi connectivity index (χ4v) is 3.35. The smallest absolute Gasteiger partial charge is 0.261 e. The van der Waals surface area contributed by atoms with Gasteiger partial charge < -0.3 is 4.90 Å². The minimum Gasteiger partial charge on any atom is -0.348 e. The van der Waals surface area contributed by atoms with E-state index in [4.69, 9.17) is 0 Å². The molecule has 22 heavy (non-hydrogen) atoms. The van der Waals surface area contributed by atoms with Gasteiger partial charge in [-0.2, -0.15) is 0 Å². The summed E-state index contributed by atoms with van der Waals surface area (Å²) in [7, 11) is 5.18. The molecular weight excluding hydrogens is 298 g/mol. The van der Waals surface area contributed by atoms with Crippen LogP contribution in [0.3, 0.4) is 0 Å². The van der Waals surface area contributed by atoms with Crippen molar-refractivity contribution in [1.29, 1.82) is 0 Å². The molecule has 0 aliphatic rings. The molecule has 0 bridgehead atoms. The third-order valence-electron chi connectivity index (χ3n) is 3.46. The van der Waals surface area contributed by atoms with Crippen molar-refractivity contribution in [2.24, 2.45) is 13.0 Å². The number of carbonyl (C=O) groups is 1. The van der Waals surface area contributed by atoms with E-state index >= 15 is 0 Å². The second-order valence-corrected chi connectivity index (χ2v) is 6.90. The maximum absolute atomic E-state index is 12.4. The summed E-state index contributed by atoms with van der Waals surface area (Å²) in [5, 5.41) is 0.890. The summed E-state index contributed by atoms with van der Waals surface area (Å²) < 4.78 is 1.52. The molecule has 1 atom stereocenters. The lowest BCUT2D eigenvalue weighted by atomic mass is 10.1. The third kappa shape index (κ3) is 3.16. The van der Waals surface area contributed by atoms with Gasteiger partial charge in [0.25, 0.3) is 5.56 Å². The van der Waals surface area contributed by atoms with Crippen molar-refractivity contribution in [2.75, 3.05) is 14.1 Å². The van der Waals surface area contributed by atoms with Gasteiger partial charge >= 0.3 is 0 Å². The van der Waals surface area contributed by atoms with Gasteiger partial charge in [-0.3, -0.25) is 14.2 Å². The molecule has 1 aromatic heterocycles. The van der Waals surface area contributed by atoms with Gasteiger partial charge in [-0.15, -0.1) is 0 Å². The summed E-state index contributed by atoms with van der Waals surface area (Å²) in [4.78, 5) is 30.9. The normalized spacial score (nSPS) is 12.6. The fourth-order valence-electron chi connectivity index (χ4n) is 2.14. The van der Waals surface area contributed by atoms with Crippen LogP contribution < -0.4 is 5.56 Å². The van der Waals surface area contributed by atoms with E-state index in [1.165, 1.54) is 16.3 Å². The van der Waals surface area contributed by atoms with Crippen LogP contribution in [0.4, 0.5) is 0 Å². The summed E-state index contributed by atoms with van der Waals surface area (Å²) in [6.07, 6.45) is 0. The number of hydrogen-bond acceptors (Lipinski definition) is 4. The number of amides is 1. The van der Waals surface area contributed by atoms with E-state index in [1.807, 2.05) is 32.0 Å². The highest BCUT2D eigenvalue weighted by Gasteiger charge is 2.26. The summed E-state index contributed by atoms with van der Waals surface area (Å²) in [6, 6.07) is 7.27. The van der Waals surface area contributed by atoms with Crippen molar-refractivity contribution in [2.45, 2.75) is 24.3 Å². The molecule has 1 aromatic carbocycles. The van der Waals surface area contributed by atoms with Crippen LogP contribution in [0.25, 0.3) is 10.9 Å². The van der Waals surface area contributed by atoms with E-state index in [0.29, 0.717) is 16.1 Å². The van der Waals surface area contributed by atoms with Gasteiger partial charge in [0.15, 0.2) is 5.16 Å². The van der Waals surface area contributed by atoms with Crippen molar-refractivity contribution in [1.82, 2.24) is 14.5 Å². The summed E-state index contributed by atoms with van der Waals surface area (Å²) in [5.74, 6) is 0.172. The first-order valence-electron chi connectivity index (χ1n) is 7.16. The Morgan fingerprint density at radius 2 is 1.91 bits per heavy atom. The van der Waals surface area contributed by atoms with E-state index in [-0.39, 0.29) is 22.6 Å². The average molecular weight is 319 g/mol. The molecule has 5 nitrogen and oxygen atoms in total. The molecule has 2 rings (SSSR count). The average Bonchev–Trinajstić information content (AvgIpc) is 2.48. The third-order valence-corrected chi connectivity index (χ3v) is 5.04. The Bertz CT molecular complexity index is 753. The number of fused-ring (bicyclic) bond motifs is 1. The zero-order valence-corrected chi connectivity index (χ0v) is 14.3. The zero-order chi connectivity index (χ0) is 16.4. The number of thioether (sulfide) groups is 1. The van der Waals surface area contributed by atoms with E-state index in [9.17, 15) is 9.59 Å². The Morgan fingerprint density at radius 3 is 2.50 bits per heavy atom. The van der Waals surface area contributed by atoms with E-state index in [2.05, 4.69) is 4.98 Å². The minimum absolute atomic E-state index is 0.0300. The lowest BCUT2D eigenvalue weighted by Crippen LogP contribution is -2.35. The van der Waals surface area contributed by atoms with Crippen LogP contribution in [0.2, 0.25) is 0 Å².